The Morgan fingerprint density at radius 3 is 2.76 bits per heavy atom. The Morgan fingerprint density at radius 1 is 1.43 bits per heavy atom. The number of carbonyl (C=O) groups excluding carboxylic acids is 1. The summed E-state index contributed by atoms with van der Waals surface area (Å²) in [6.07, 6.45) is 1.71. The van der Waals surface area contributed by atoms with E-state index in [1.807, 2.05) is 0 Å². The number of hydrogen-bond donors (Lipinski definition) is 1. The van der Waals surface area contributed by atoms with E-state index in [0.717, 1.165) is 19.0 Å². The Kier molecular flexibility index (Phi) is 6.55. The number of esters is 1. The van der Waals surface area contributed by atoms with E-state index < -0.39 is 17.0 Å². The molecule has 0 spiro atoms. The second kappa shape index (κ2) is 7.71. The van der Waals surface area contributed by atoms with Crippen molar-refractivity contribution < 1.29 is 18.3 Å². The number of rotatable bonds is 4. The van der Waals surface area contributed by atoms with Gasteiger partial charge in [-0.1, -0.05) is 6.07 Å². The van der Waals surface area contributed by atoms with Gasteiger partial charge < -0.3 is 10.1 Å². The molecule has 1 aliphatic rings. The summed E-state index contributed by atoms with van der Waals surface area (Å²) in [6.45, 7) is 3.35. The van der Waals surface area contributed by atoms with Gasteiger partial charge in [0.2, 0.25) is 0 Å². The summed E-state index contributed by atoms with van der Waals surface area (Å²) in [5, 5.41) is 3.17. The molecule has 0 aliphatic carbocycles. The largest absolute Gasteiger partial charge is 0.466 e. The minimum Gasteiger partial charge on any atom is -0.466 e. The van der Waals surface area contributed by atoms with E-state index in [-0.39, 0.29) is 24.8 Å². The fourth-order valence-electron chi connectivity index (χ4n) is 2.68. The average molecular weight is 320 g/mol. The number of halogens is 3. The Bertz CT molecular complexity index is 491. The van der Waals surface area contributed by atoms with E-state index in [0.29, 0.717) is 25.1 Å². The molecule has 0 amide bonds. The van der Waals surface area contributed by atoms with Gasteiger partial charge in [0, 0.05) is 12.6 Å². The minimum atomic E-state index is -0.757. The molecule has 1 heterocycles. The monoisotopic (exact) mass is 319 g/mol. The molecule has 0 saturated carbocycles. The zero-order chi connectivity index (χ0) is 14.6. The molecule has 0 bridgehead atoms. The highest BCUT2D eigenvalue weighted by molar-refractivity contribution is 5.85. The maximum Gasteiger partial charge on any atom is 0.313 e. The van der Waals surface area contributed by atoms with Crippen LogP contribution in [0, 0.1) is 17.0 Å². The summed E-state index contributed by atoms with van der Waals surface area (Å²) >= 11 is 0. The van der Waals surface area contributed by atoms with Crippen LogP contribution in [0.3, 0.4) is 0 Å². The predicted octanol–water partition coefficient (Wildman–Crippen LogP) is 2.86. The standard InChI is InChI=1S/C15H19F2NO2.ClH/c1-2-20-14(19)15(6-3-7-18-10-15)9-11-4-5-12(16)8-13(11)17;/h4-5,8,18H,2-3,6-7,9-10H2,1H3;1H. The maximum absolute atomic E-state index is 13.8. The van der Waals surface area contributed by atoms with Crippen molar-refractivity contribution in [2.24, 2.45) is 5.41 Å². The summed E-state index contributed by atoms with van der Waals surface area (Å²) in [7, 11) is 0. The molecule has 1 aromatic rings. The van der Waals surface area contributed by atoms with Crippen LogP contribution in [0.15, 0.2) is 18.2 Å². The smallest absolute Gasteiger partial charge is 0.313 e. The van der Waals surface area contributed by atoms with Crippen LogP contribution < -0.4 is 5.32 Å². The van der Waals surface area contributed by atoms with Crippen LogP contribution in [0.5, 0.6) is 0 Å². The quantitative estimate of drug-likeness (QED) is 0.867. The molecule has 1 atom stereocenters. The minimum absolute atomic E-state index is 0. The second-order valence-corrected chi connectivity index (χ2v) is 5.19. The summed E-state index contributed by atoms with van der Waals surface area (Å²) < 4.78 is 31.9. The van der Waals surface area contributed by atoms with E-state index in [2.05, 4.69) is 5.32 Å². The van der Waals surface area contributed by atoms with Crippen LogP contribution >= 0.6 is 12.4 Å². The van der Waals surface area contributed by atoms with Crippen LogP contribution in [0.4, 0.5) is 8.78 Å². The first-order valence-corrected chi connectivity index (χ1v) is 6.89. The van der Waals surface area contributed by atoms with Crippen molar-refractivity contribution in [2.45, 2.75) is 26.2 Å². The highest BCUT2D eigenvalue weighted by Gasteiger charge is 2.41. The van der Waals surface area contributed by atoms with Crippen LogP contribution in [0.1, 0.15) is 25.3 Å². The lowest BCUT2D eigenvalue weighted by atomic mass is 9.75. The lowest BCUT2D eigenvalue weighted by Crippen LogP contribution is -2.48. The van der Waals surface area contributed by atoms with Crippen molar-refractivity contribution in [3.05, 3.63) is 35.4 Å². The summed E-state index contributed by atoms with van der Waals surface area (Å²) in [4.78, 5) is 12.2. The normalized spacial score (nSPS) is 21.5. The molecule has 1 aromatic carbocycles. The van der Waals surface area contributed by atoms with Gasteiger partial charge in [0.15, 0.2) is 0 Å². The molecule has 21 heavy (non-hydrogen) atoms. The van der Waals surface area contributed by atoms with E-state index in [9.17, 15) is 13.6 Å². The lowest BCUT2D eigenvalue weighted by Gasteiger charge is -2.35. The number of benzene rings is 1. The van der Waals surface area contributed by atoms with Crippen molar-refractivity contribution in [2.75, 3.05) is 19.7 Å². The summed E-state index contributed by atoms with van der Waals surface area (Å²) in [6, 6.07) is 3.47. The Labute approximate surface area is 129 Å². The summed E-state index contributed by atoms with van der Waals surface area (Å²) in [5.74, 6) is -1.53. The fraction of sp³-hybridized carbons (Fsp3) is 0.533. The van der Waals surface area contributed by atoms with Gasteiger partial charge in [-0.25, -0.2) is 8.78 Å². The molecule has 1 unspecified atom stereocenters. The summed E-state index contributed by atoms with van der Waals surface area (Å²) in [5.41, 5.74) is -0.407. The number of carbonyl (C=O) groups is 1. The van der Waals surface area contributed by atoms with E-state index >= 15 is 0 Å². The third-order valence-corrected chi connectivity index (χ3v) is 3.72. The first kappa shape index (κ1) is 17.9. The SMILES string of the molecule is CCOC(=O)C1(Cc2ccc(F)cc2F)CCCNC1.Cl. The van der Waals surface area contributed by atoms with E-state index in [1.165, 1.54) is 12.1 Å². The molecule has 1 N–H and O–H groups in total. The lowest BCUT2D eigenvalue weighted by molar-refractivity contribution is -0.156. The third kappa shape index (κ3) is 4.14. The number of hydrogen-bond acceptors (Lipinski definition) is 3. The second-order valence-electron chi connectivity index (χ2n) is 5.19. The van der Waals surface area contributed by atoms with Gasteiger partial charge in [0.05, 0.1) is 12.0 Å². The molecular weight excluding hydrogens is 300 g/mol. The van der Waals surface area contributed by atoms with Crippen LogP contribution in [-0.2, 0) is 16.0 Å². The molecule has 0 radical (unpaired) electrons. The zero-order valence-electron chi connectivity index (χ0n) is 12.0. The topological polar surface area (TPSA) is 38.3 Å². The van der Waals surface area contributed by atoms with Crippen molar-refractivity contribution in [1.29, 1.82) is 0 Å². The van der Waals surface area contributed by atoms with Gasteiger partial charge >= 0.3 is 5.97 Å². The van der Waals surface area contributed by atoms with Gasteiger partial charge in [-0.3, -0.25) is 4.79 Å². The van der Waals surface area contributed by atoms with Gasteiger partial charge in [-0.15, -0.1) is 12.4 Å². The van der Waals surface area contributed by atoms with Gasteiger partial charge in [-0.2, -0.15) is 0 Å². The average Bonchev–Trinajstić information content (AvgIpc) is 2.43. The van der Waals surface area contributed by atoms with Crippen LogP contribution in [0.25, 0.3) is 0 Å². The molecule has 3 nitrogen and oxygen atoms in total. The molecule has 2 rings (SSSR count). The van der Waals surface area contributed by atoms with Gasteiger partial charge in [-0.05, 0) is 44.4 Å². The van der Waals surface area contributed by atoms with E-state index in [1.54, 1.807) is 6.92 Å². The van der Waals surface area contributed by atoms with Crippen molar-refractivity contribution in [1.82, 2.24) is 5.32 Å². The fourth-order valence-corrected chi connectivity index (χ4v) is 2.68. The highest BCUT2D eigenvalue weighted by atomic mass is 35.5. The van der Waals surface area contributed by atoms with Crippen molar-refractivity contribution in [3.63, 3.8) is 0 Å². The number of ether oxygens (including phenoxy) is 1. The molecule has 118 valence electrons. The Balaban J connectivity index is 0.00000220. The molecule has 1 saturated heterocycles. The molecular formula is C15H20ClF2NO2. The van der Waals surface area contributed by atoms with Crippen LogP contribution in [-0.4, -0.2) is 25.7 Å². The Hall–Kier alpha value is -1.20. The Morgan fingerprint density at radius 2 is 2.19 bits per heavy atom. The zero-order valence-corrected chi connectivity index (χ0v) is 12.8. The van der Waals surface area contributed by atoms with Gasteiger partial charge in [0.25, 0.3) is 0 Å². The first-order chi connectivity index (χ1) is 9.57. The van der Waals surface area contributed by atoms with Crippen molar-refractivity contribution in [3.8, 4) is 0 Å². The predicted molar refractivity (Wildman–Crippen MR) is 78.5 cm³/mol. The van der Waals surface area contributed by atoms with E-state index in [4.69, 9.17) is 4.74 Å². The molecule has 1 fully saturated rings. The molecule has 1 aliphatic heterocycles. The van der Waals surface area contributed by atoms with Crippen molar-refractivity contribution >= 4 is 18.4 Å². The first-order valence-electron chi connectivity index (χ1n) is 6.89. The molecule has 0 aromatic heterocycles. The molecule has 6 heteroatoms. The van der Waals surface area contributed by atoms with Crippen LogP contribution in [0.2, 0.25) is 0 Å². The maximum atomic E-state index is 13.8. The highest BCUT2D eigenvalue weighted by Crippen LogP contribution is 2.33. The number of nitrogens with one attached hydrogen (secondary N) is 1. The number of piperidine rings is 1. The van der Waals surface area contributed by atoms with Gasteiger partial charge in [0.1, 0.15) is 11.6 Å². The third-order valence-electron chi connectivity index (χ3n) is 3.72.